The first-order chi connectivity index (χ1) is 10.5. The Kier molecular flexibility index (Phi) is 2.46. The number of nitrogens with zero attached hydrogens (tertiary/aromatic N) is 2. The molecule has 4 atom stereocenters. The molecular weight excluding hydrogens is 286 g/mol. The van der Waals surface area contributed by atoms with E-state index in [0.29, 0.717) is 0 Å². The van der Waals surface area contributed by atoms with Crippen LogP contribution in [-0.4, -0.2) is 16.7 Å². The number of allylic oxidation sites excluding steroid dienone is 2. The fraction of sp³-hybridized carbons (Fsp3) is 0.333. The third-order valence-electron chi connectivity index (χ3n) is 4.94. The Morgan fingerprint density at radius 2 is 1.73 bits per heavy atom. The third-order valence-corrected chi connectivity index (χ3v) is 4.94. The van der Waals surface area contributed by atoms with E-state index < -0.39 is 4.92 Å². The van der Waals surface area contributed by atoms with Crippen molar-refractivity contribution >= 4 is 28.9 Å². The van der Waals surface area contributed by atoms with Crippen molar-refractivity contribution in [3.8, 4) is 0 Å². The van der Waals surface area contributed by atoms with E-state index in [1.807, 2.05) is 12.2 Å². The molecule has 1 heterocycles. The third kappa shape index (κ3) is 1.50. The smallest absolute Gasteiger partial charge is 0.294 e. The van der Waals surface area contributed by atoms with Crippen molar-refractivity contribution in [2.75, 3.05) is 10.6 Å². The number of anilines is 2. The number of carbonyl (C=O) groups excluding carboxylic acids is 2. The first-order valence-corrected chi connectivity index (χ1v) is 7.09. The Hall–Kier alpha value is -2.70. The number of benzene rings is 1. The number of nitrogen functional groups attached to an aromatic ring is 1. The molecule has 2 aliphatic carbocycles. The number of hydrogen-bond acceptors (Lipinski definition) is 5. The Labute approximate surface area is 125 Å². The molecule has 1 aromatic carbocycles. The van der Waals surface area contributed by atoms with Gasteiger partial charge in [-0.2, -0.15) is 0 Å². The van der Waals surface area contributed by atoms with Crippen LogP contribution in [0.3, 0.4) is 0 Å². The summed E-state index contributed by atoms with van der Waals surface area (Å²) in [4.78, 5) is 36.7. The SMILES string of the molecule is Nc1ccc(N2C(=O)C3C4C=CC(C4)C3C2=O)cc1[N+](=O)[O-]. The molecule has 1 saturated heterocycles. The van der Waals surface area contributed by atoms with Crippen LogP contribution in [-0.2, 0) is 9.59 Å². The number of fused-ring (bicyclic) bond motifs is 5. The van der Waals surface area contributed by atoms with Crippen LogP contribution in [0.1, 0.15) is 6.42 Å². The summed E-state index contributed by atoms with van der Waals surface area (Å²) in [5.41, 5.74) is 5.50. The van der Waals surface area contributed by atoms with Gasteiger partial charge in [0.1, 0.15) is 5.69 Å². The molecule has 22 heavy (non-hydrogen) atoms. The predicted molar refractivity (Wildman–Crippen MR) is 77.7 cm³/mol. The van der Waals surface area contributed by atoms with Gasteiger partial charge in [0, 0.05) is 6.07 Å². The second kappa shape index (κ2) is 4.16. The Morgan fingerprint density at radius 3 is 2.27 bits per heavy atom. The Bertz CT molecular complexity index is 727. The quantitative estimate of drug-likeness (QED) is 0.293. The van der Waals surface area contributed by atoms with Gasteiger partial charge >= 0.3 is 0 Å². The van der Waals surface area contributed by atoms with Crippen LogP contribution in [0.15, 0.2) is 30.4 Å². The number of imide groups is 1. The van der Waals surface area contributed by atoms with E-state index in [9.17, 15) is 19.7 Å². The summed E-state index contributed by atoms with van der Waals surface area (Å²) in [6.45, 7) is 0. The van der Waals surface area contributed by atoms with Crippen LogP contribution in [0.4, 0.5) is 17.1 Å². The number of nitro benzene ring substituents is 1. The number of rotatable bonds is 2. The zero-order valence-electron chi connectivity index (χ0n) is 11.5. The molecule has 1 aromatic rings. The summed E-state index contributed by atoms with van der Waals surface area (Å²) in [6.07, 6.45) is 4.86. The highest BCUT2D eigenvalue weighted by molar-refractivity contribution is 6.23. The van der Waals surface area contributed by atoms with Crippen LogP contribution < -0.4 is 10.6 Å². The Morgan fingerprint density at radius 1 is 1.14 bits per heavy atom. The maximum atomic E-state index is 12.6. The topological polar surface area (TPSA) is 107 Å². The summed E-state index contributed by atoms with van der Waals surface area (Å²) in [7, 11) is 0. The molecular formula is C15H13N3O4. The van der Waals surface area contributed by atoms with Gasteiger partial charge in [-0.05, 0) is 30.4 Å². The van der Waals surface area contributed by atoms with Crippen molar-refractivity contribution in [1.82, 2.24) is 0 Å². The lowest BCUT2D eigenvalue weighted by Crippen LogP contribution is -2.32. The van der Waals surface area contributed by atoms with E-state index in [0.717, 1.165) is 11.3 Å². The van der Waals surface area contributed by atoms with Crippen molar-refractivity contribution in [1.29, 1.82) is 0 Å². The number of hydrogen-bond donors (Lipinski definition) is 1. The van der Waals surface area contributed by atoms with E-state index in [2.05, 4.69) is 0 Å². The molecule has 1 aliphatic heterocycles. The van der Waals surface area contributed by atoms with E-state index in [-0.39, 0.29) is 52.5 Å². The first kappa shape index (κ1) is 13.0. The molecule has 0 radical (unpaired) electrons. The van der Waals surface area contributed by atoms with Gasteiger partial charge in [0.25, 0.3) is 5.69 Å². The lowest BCUT2D eigenvalue weighted by molar-refractivity contribution is -0.383. The average molecular weight is 299 g/mol. The number of carbonyl (C=O) groups is 2. The number of nitrogens with two attached hydrogens (primary N) is 1. The van der Waals surface area contributed by atoms with Gasteiger partial charge in [-0.25, -0.2) is 4.90 Å². The van der Waals surface area contributed by atoms with E-state index in [1.165, 1.54) is 18.2 Å². The minimum absolute atomic E-state index is 0.00905. The van der Waals surface area contributed by atoms with Gasteiger partial charge in [0.15, 0.2) is 0 Å². The fourth-order valence-electron chi connectivity index (χ4n) is 3.99. The van der Waals surface area contributed by atoms with Crippen LogP contribution in [0.2, 0.25) is 0 Å². The van der Waals surface area contributed by atoms with E-state index >= 15 is 0 Å². The molecule has 112 valence electrons. The van der Waals surface area contributed by atoms with Crippen LogP contribution in [0, 0.1) is 33.8 Å². The van der Waals surface area contributed by atoms with Gasteiger partial charge < -0.3 is 5.73 Å². The predicted octanol–water partition coefficient (Wildman–Crippen LogP) is 1.49. The van der Waals surface area contributed by atoms with E-state index in [1.54, 1.807) is 0 Å². The molecule has 3 aliphatic rings. The summed E-state index contributed by atoms with van der Waals surface area (Å²) in [5, 5.41) is 11.0. The highest BCUT2D eigenvalue weighted by Crippen LogP contribution is 2.53. The normalized spacial score (nSPS) is 31.9. The standard InChI is InChI=1S/C15H13N3O4/c16-10-4-3-9(6-11(10)18(21)22)17-14(19)12-7-1-2-8(5-7)13(12)15(17)20/h1-4,6-8,12-13H,5,16H2. The van der Waals surface area contributed by atoms with Crippen molar-refractivity contribution in [2.45, 2.75) is 6.42 Å². The molecule has 0 aromatic heterocycles. The molecule has 1 saturated carbocycles. The summed E-state index contributed by atoms with van der Waals surface area (Å²) in [6, 6.07) is 4.03. The fourth-order valence-corrected chi connectivity index (χ4v) is 3.99. The lowest BCUT2D eigenvalue weighted by Gasteiger charge is -2.17. The zero-order chi connectivity index (χ0) is 15.6. The monoisotopic (exact) mass is 299 g/mol. The molecule has 2 bridgehead atoms. The summed E-state index contributed by atoms with van der Waals surface area (Å²) < 4.78 is 0. The molecule has 7 nitrogen and oxygen atoms in total. The van der Waals surface area contributed by atoms with Crippen LogP contribution in [0.5, 0.6) is 0 Å². The molecule has 2 N–H and O–H groups in total. The van der Waals surface area contributed by atoms with E-state index in [4.69, 9.17) is 5.73 Å². The first-order valence-electron chi connectivity index (χ1n) is 7.09. The molecule has 7 heteroatoms. The van der Waals surface area contributed by atoms with Crippen molar-refractivity contribution in [3.05, 3.63) is 40.5 Å². The molecule has 4 rings (SSSR count). The average Bonchev–Trinajstić information content (AvgIpc) is 3.14. The van der Waals surface area contributed by atoms with Gasteiger partial charge in [-0.3, -0.25) is 19.7 Å². The van der Waals surface area contributed by atoms with Crippen molar-refractivity contribution in [3.63, 3.8) is 0 Å². The minimum atomic E-state index is -0.615. The lowest BCUT2D eigenvalue weighted by atomic mass is 9.85. The highest BCUT2D eigenvalue weighted by atomic mass is 16.6. The number of nitro groups is 1. The Balaban J connectivity index is 1.76. The van der Waals surface area contributed by atoms with Gasteiger partial charge in [0.05, 0.1) is 22.4 Å². The van der Waals surface area contributed by atoms with Crippen LogP contribution in [0.25, 0.3) is 0 Å². The van der Waals surface area contributed by atoms with Gasteiger partial charge in [-0.15, -0.1) is 0 Å². The maximum absolute atomic E-state index is 12.6. The van der Waals surface area contributed by atoms with Gasteiger partial charge in [0.2, 0.25) is 11.8 Å². The summed E-state index contributed by atoms with van der Waals surface area (Å²) in [5.74, 6) is -0.935. The zero-order valence-corrected chi connectivity index (χ0v) is 11.5. The maximum Gasteiger partial charge on any atom is 0.294 e. The molecule has 2 fully saturated rings. The molecule has 4 unspecified atom stereocenters. The summed E-state index contributed by atoms with van der Waals surface area (Å²) >= 11 is 0. The number of amides is 2. The van der Waals surface area contributed by atoms with Crippen molar-refractivity contribution < 1.29 is 14.5 Å². The second-order valence-electron chi connectivity index (χ2n) is 6.01. The molecule has 2 amide bonds. The minimum Gasteiger partial charge on any atom is -0.393 e. The highest BCUT2D eigenvalue weighted by Gasteiger charge is 2.59. The van der Waals surface area contributed by atoms with Gasteiger partial charge in [-0.1, -0.05) is 12.2 Å². The second-order valence-corrected chi connectivity index (χ2v) is 6.01. The van der Waals surface area contributed by atoms with Crippen LogP contribution >= 0.6 is 0 Å². The molecule has 0 spiro atoms. The van der Waals surface area contributed by atoms with Crippen molar-refractivity contribution in [2.24, 2.45) is 23.7 Å². The largest absolute Gasteiger partial charge is 0.393 e.